The van der Waals surface area contributed by atoms with Crippen molar-refractivity contribution >= 4 is 5.82 Å². The summed E-state index contributed by atoms with van der Waals surface area (Å²) in [5.41, 5.74) is 2.81. The van der Waals surface area contributed by atoms with Gasteiger partial charge in [-0.05, 0) is 42.2 Å². The van der Waals surface area contributed by atoms with Gasteiger partial charge in [0, 0.05) is 24.0 Å². The SMILES string of the molecule is CC(C)c1ccc(C#N)c(N[C@@H]2COC[C@H]2Cc2ccncc2)n1. The van der Waals surface area contributed by atoms with Crippen LogP contribution in [0.15, 0.2) is 36.7 Å². The molecule has 0 saturated carbocycles. The van der Waals surface area contributed by atoms with Crippen molar-refractivity contribution < 1.29 is 4.74 Å². The molecule has 0 aliphatic carbocycles. The largest absolute Gasteiger partial charge is 0.379 e. The van der Waals surface area contributed by atoms with E-state index in [4.69, 9.17) is 4.74 Å². The average Bonchev–Trinajstić information content (AvgIpc) is 3.02. The number of nitrogens with one attached hydrogen (secondary N) is 1. The molecule has 0 bridgehead atoms. The number of aromatic nitrogens is 2. The number of ether oxygens (including phenoxy) is 1. The van der Waals surface area contributed by atoms with Gasteiger partial charge in [-0.25, -0.2) is 4.98 Å². The van der Waals surface area contributed by atoms with Gasteiger partial charge in [0.2, 0.25) is 0 Å². The third-order valence-electron chi connectivity index (χ3n) is 4.40. The van der Waals surface area contributed by atoms with Gasteiger partial charge in [0.25, 0.3) is 0 Å². The Morgan fingerprint density at radius 1 is 1.25 bits per heavy atom. The van der Waals surface area contributed by atoms with Crippen molar-refractivity contribution in [3.05, 3.63) is 53.5 Å². The molecule has 5 nitrogen and oxygen atoms in total. The predicted molar refractivity (Wildman–Crippen MR) is 92.7 cm³/mol. The Morgan fingerprint density at radius 3 is 2.75 bits per heavy atom. The molecule has 2 atom stereocenters. The number of nitriles is 1. The lowest BCUT2D eigenvalue weighted by Gasteiger charge is -2.21. The van der Waals surface area contributed by atoms with Crippen LogP contribution in [0.2, 0.25) is 0 Å². The number of hydrogen-bond acceptors (Lipinski definition) is 5. The molecule has 1 N–H and O–H groups in total. The molecule has 0 aromatic carbocycles. The van der Waals surface area contributed by atoms with E-state index in [9.17, 15) is 5.26 Å². The lowest BCUT2D eigenvalue weighted by atomic mass is 9.95. The van der Waals surface area contributed by atoms with E-state index in [-0.39, 0.29) is 6.04 Å². The van der Waals surface area contributed by atoms with Crippen molar-refractivity contribution in [1.82, 2.24) is 9.97 Å². The summed E-state index contributed by atoms with van der Waals surface area (Å²) in [6.07, 6.45) is 4.55. The zero-order chi connectivity index (χ0) is 16.9. The molecule has 124 valence electrons. The van der Waals surface area contributed by atoms with Crippen molar-refractivity contribution in [2.24, 2.45) is 5.92 Å². The summed E-state index contributed by atoms with van der Waals surface area (Å²) in [4.78, 5) is 8.71. The first-order valence-electron chi connectivity index (χ1n) is 8.31. The highest BCUT2D eigenvalue weighted by Gasteiger charge is 2.29. The maximum Gasteiger partial charge on any atom is 0.144 e. The molecule has 2 aromatic heterocycles. The van der Waals surface area contributed by atoms with Crippen LogP contribution >= 0.6 is 0 Å². The Balaban J connectivity index is 1.77. The Bertz CT molecular complexity index is 724. The highest BCUT2D eigenvalue weighted by molar-refractivity contribution is 5.53. The van der Waals surface area contributed by atoms with E-state index < -0.39 is 0 Å². The van der Waals surface area contributed by atoms with Crippen LogP contribution in [0.5, 0.6) is 0 Å². The molecule has 1 aliphatic rings. The third-order valence-corrected chi connectivity index (χ3v) is 4.40. The molecule has 1 saturated heterocycles. The van der Waals surface area contributed by atoms with E-state index >= 15 is 0 Å². The Morgan fingerprint density at radius 2 is 2.04 bits per heavy atom. The van der Waals surface area contributed by atoms with E-state index in [1.807, 2.05) is 36.7 Å². The van der Waals surface area contributed by atoms with Crippen LogP contribution in [0.25, 0.3) is 0 Å². The van der Waals surface area contributed by atoms with E-state index in [0.29, 0.717) is 36.4 Å². The standard InChI is InChI=1S/C19H22N4O/c1-13(2)17-4-3-15(10-20)19(22-17)23-18-12-24-11-16(18)9-14-5-7-21-8-6-14/h3-8,13,16,18H,9,11-12H2,1-2H3,(H,22,23)/t16-,18-/m1/s1. The second kappa shape index (κ2) is 7.41. The highest BCUT2D eigenvalue weighted by atomic mass is 16.5. The fourth-order valence-electron chi connectivity index (χ4n) is 2.95. The molecule has 1 aliphatic heterocycles. The van der Waals surface area contributed by atoms with Gasteiger partial charge in [0.05, 0.1) is 24.8 Å². The van der Waals surface area contributed by atoms with Crippen LogP contribution in [0, 0.1) is 17.2 Å². The number of pyridine rings is 2. The first-order valence-corrected chi connectivity index (χ1v) is 8.31. The normalized spacial score (nSPS) is 20.1. The molecule has 0 radical (unpaired) electrons. The van der Waals surface area contributed by atoms with Gasteiger partial charge in [0.1, 0.15) is 11.9 Å². The average molecular weight is 322 g/mol. The highest BCUT2D eigenvalue weighted by Crippen LogP contribution is 2.25. The van der Waals surface area contributed by atoms with Gasteiger partial charge in [-0.3, -0.25) is 4.98 Å². The van der Waals surface area contributed by atoms with Gasteiger partial charge < -0.3 is 10.1 Å². The quantitative estimate of drug-likeness (QED) is 0.915. The minimum absolute atomic E-state index is 0.153. The maximum atomic E-state index is 9.35. The lowest BCUT2D eigenvalue weighted by Crippen LogP contribution is -2.30. The first kappa shape index (κ1) is 16.4. The van der Waals surface area contributed by atoms with Crippen LogP contribution in [-0.2, 0) is 11.2 Å². The van der Waals surface area contributed by atoms with Crippen molar-refractivity contribution in [2.75, 3.05) is 18.5 Å². The number of anilines is 1. The van der Waals surface area contributed by atoms with Crippen LogP contribution in [0.4, 0.5) is 5.82 Å². The molecule has 0 spiro atoms. The van der Waals surface area contributed by atoms with Crippen molar-refractivity contribution in [2.45, 2.75) is 32.2 Å². The minimum Gasteiger partial charge on any atom is -0.379 e. The van der Waals surface area contributed by atoms with Gasteiger partial charge in [-0.2, -0.15) is 5.26 Å². The van der Waals surface area contributed by atoms with Gasteiger partial charge >= 0.3 is 0 Å². The summed E-state index contributed by atoms with van der Waals surface area (Å²) in [6.45, 7) is 5.55. The Hall–Kier alpha value is -2.45. The maximum absolute atomic E-state index is 9.35. The zero-order valence-electron chi connectivity index (χ0n) is 14.1. The molecular weight excluding hydrogens is 300 g/mol. The van der Waals surface area contributed by atoms with Gasteiger partial charge in [0.15, 0.2) is 0 Å². The summed E-state index contributed by atoms with van der Waals surface area (Å²) in [6, 6.07) is 10.2. The monoisotopic (exact) mass is 322 g/mol. The summed E-state index contributed by atoms with van der Waals surface area (Å²) >= 11 is 0. The zero-order valence-corrected chi connectivity index (χ0v) is 14.1. The molecule has 0 amide bonds. The fraction of sp³-hybridized carbons (Fsp3) is 0.421. The Kier molecular flexibility index (Phi) is 5.07. The summed E-state index contributed by atoms with van der Waals surface area (Å²) in [7, 11) is 0. The van der Waals surface area contributed by atoms with Crippen LogP contribution in [-0.4, -0.2) is 29.2 Å². The van der Waals surface area contributed by atoms with Crippen molar-refractivity contribution in [3.8, 4) is 6.07 Å². The molecule has 0 unspecified atom stereocenters. The number of hydrogen-bond donors (Lipinski definition) is 1. The van der Waals surface area contributed by atoms with E-state index in [0.717, 1.165) is 12.1 Å². The van der Waals surface area contributed by atoms with Crippen LogP contribution < -0.4 is 5.32 Å². The van der Waals surface area contributed by atoms with E-state index in [2.05, 4.69) is 35.2 Å². The molecule has 2 aromatic rings. The topological polar surface area (TPSA) is 70.8 Å². The van der Waals surface area contributed by atoms with Crippen molar-refractivity contribution in [3.63, 3.8) is 0 Å². The molecular formula is C19H22N4O. The second-order valence-electron chi connectivity index (χ2n) is 6.51. The van der Waals surface area contributed by atoms with E-state index in [1.54, 1.807) is 0 Å². The van der Waals surface area contributed by atoms with Crippen molar-refractivity contribution in [1.29, 1.82) is 5.26 Å². The second-order valence-corrected chi connectivity index (χ2v) is 6.51. The molecule has 1 fully saturated rings. The predicted octanol–water partition coefficient (Wildman–Crippen LogP) is 3.14. The summed E-state index contributed by atoms with van der Waals surface area (Å²) in [5, 5.41) is 12.8. The summed E-state index contributed by atoms with van der Waals surface area (Å²) < 4.78 is 5.68. The molecule has 3 heterocycles. The number of rotatable bonds is 5. The molecule has 3 rings (SSSR count). The fourth-order valence-corrected chi connectivity index (χ4v) is 2.95. The third kappa shape index (κ3) is 3.72. The lowest BCUT2D eigenvalue weighted by molar-refractivity contribution is 0.185. The Labute approximate surface area is 142 Å². The summed E-state index contributed by atoms with van der Waals surface area (Å²) in [5.74, 6) is 1.34. The molecule has 5 heteroatoms. The smallest absolute Gasteiger partial charge is 0.144 e. The van der Waals surface area contributed by atoms with Crippen LogP contribution in [0.3, 0.4) is 0 Å². The number of nitrogens with zero attached hydrogens (tertiary/aromatic N) is 3. The molecule has 24 heavy (non-hydrogen) atoms. The van der Waals surface area contributed by atoms with Crippen LogP contribution in [0.1, 0.15) is 36.6 Å². The first-order chi connectivity index (χ1) is 11.7. The van der Waals surface area contributed by atoms with Gasteiger partial charge in [-0.15, -0.1) is 0 Å². The van der Waals surface area contributed by atoms with Gasteiger partial charge in [-0.1, -0.05) is 13.8 Å². The van der Waals surface area contributed by atoms with E-state index in [1.165, 1.54) is 5.56 Å². The minimum atomic E-state index is 0.153.